The molecule has 40 heavy (non-hydrogen) atoms. The monoisotopic (exact) mass is 555 g/mol. The molecule has 5 N–H and O–H groups in total. The zero-order chi connectivity index (χ0) is 29.2. The second-order valence-corrected chi connectivity index (χ2v) is 8.22. The fourth-order valence-electron chi connectivity index (χ4n) is 3.68. The highest BCUT2D eigenvalue weighted by Gasteiger charge is 2.26. The second kappa shape index (κ2) is 13.6. The average Bonchev–Trinajstić information content (AvgIpc) is 3.32. The third-order valence-corrected chi connectivity index (χ3v) is 5.40. The van der Waals surface area contributed by atoms with Crippen LogP contribution >= 0.6 is 0 Å². The SMILES string of the molecule is CC(=O)O.COc1cc(F)c(C(Cc2ccc(C(=N)N)cc2)c2nn(-c3ncccn3)c(=O)[nH]2)cc1OCCF. The van der Waals surface area contributed by atoms with E-state index in [0.717, 1.165) is 23.2 Å². The number of H-pyrrole nitrogens is 1. The molecule has 2 heterocycles. The molecule has 2 aromatic carbocycles. The van der Waals surface area contributed by atoms with E-state index in [2.05, 4.69) is 20.1 Å². The number of carboxylic acid groups (broad SMARTS) is 1. The number of nitrogen functional groups attached to an aromatic ring is 1. The van der Waals surface area contributed by atoms with E-state index in [4.69, 9.17) is 30.5 Å². The summed E-state index contributed by atoms with van der Waals surface area (Å²) < 4.78 is 39.7. The molecule has 0 bridgehead atoms. The molecule has 0 aliphatic carbocycles. The number of aromatic nitrogens is 5. The summed E-state index contributed by atoms with van der Waals surface area (Å²) in [6, 6.07) is 11.0. The number of nitrogens with one attached hydrogen (secondary N) is 2. The summed E-state index contributed by atoms with van der Waals surface area (Å²) in [6.07, 6.45) is 3.15. The highest BCUT2D eigenvalue weighted by molar-refractivity contribution is 5.94. The lowest BCUT2D eigenvalue weighted by Crippen LogP contribution is -2.18. The van der Waals surface area contributed by atoms with Gasteiger partial charge in [-0.15, -0.1) is 9.78 Å². The Hall–Kier alpha value is -5.14. The number of nitrogens with zero attached hydrogens (tertiary/aromatic N) is 4. The Morgan fingerprint density at radius 2 is 1.85 bits per heavy atom. The van der Waals surface area contributed by atoms with E-state index in [0.29, 0.717) is 5.56 Å². The first-order valence-electron chi connectivity index (χ1n) is 11.8. The van der Waals surface area contributed by atoms with Gasteiger partial charge in [0.05, 0.1) is 13.0 Å². The minimum atomic E-state index is -0.833. The van der Waals surface area contributed by atoms with Gasteiger partial charge < -0.3 is 20.3 Å². The summed E-state index contributed by atoms with van der Waals surface area (Å²) in [5.74, 6) is -1.87. The Morgan fingerprint density at radius 3 is 2.42 bits per heavy atom. The van der Waals surface area contributed by atoms with Crippen molar-refractivity contribution in [3.8, 4) is 17.4 Å². The van der Waals surface area contributed by atoms with Gasteiger partial charge in [-0.05, 0) is 24.1 Å². The lowest BCUT2D eigenvalue weighted by atomic mass is 9.90. The number of carboxylic acids is 1. The molecule has 0 amide bonds. The maximum absolute atomic E-state index is 15.4. The van der Waals surface area contributed by atoms with E-state index in [1.807, 2.05) is 0 Å². The topological polar surface area (TPSA) is 182 Å². The smallest absolute Gasteiger partial charge is 0.350 e. The molecular weight excluding hydrogens is 528 g/mol. The number of benzene rings is 2. The Bertz CT molecular complexity index is 1500. The summed E-state index contributed by atoms with van der Waals surface area (Å²) >= 11 is 0. The van der Waals surface area contributed by atoms with Crippen molar-refractivity contribution in [2.24, 2.45) is 5.73 Å². The minimum absolute atomic E-state index is 0.0525. The molecule has 0 spiro atoms. The van der Waals surface area contributed by atoms with E-state index in [1.54, 1.807) is 30.3 Å². The number of aromatic amines is 1. The normalized spacial score (nSPS) is 11.2. The van der Waals surface area contributed by atoms with E-state index < -0.39 is 30.1 Å². The van der Waals surface area contributed by atoms with Crippen molar-refractivity contribution in [3.63, 3.8) is 0 Å². The molecule has 12 nitrogen and oxygen atoms in total. The van der Waals surface area contributed by atoms with E-state index in [-0.39, 0.29) is 47.7 Å². The molecule has 0 saturated heterocycles. The second-order valence-electron chi connectivity index (χ2n) is 8.22. The Kier molecular flexibility index (Phi) is 10.00. The molecule has 4 rings (SSSR count). The number of methoxy groups -OCH3 is 1. The van der Waals surface area contributed by atoms with Crippen molar-refractivity contribution in [1.82, 2.24) is 24.7 Å². The molecular formula is C26H27F2N7O5. The minimum Gasteiger partial charge on any atom is -0.493 e. The van der Waals surface area contributed by atoms with Gasteiger partial charge in [-0.3, -0.25) is 15.2 Å². The molecule has 0 aliphatic rings. The summed E-state index contributed by atoms with van der Waals surface area (Å²) in [4.78, 5) is 32.5. The number of nitrogens with two attached hydrogens (primary N) is 1. The van der Waals surface area contributed by atoms with Crippen LogP contribution in [-0.4, -0.2) is 62.0 Å². The Labute approximate surface area is 226 Å². The van der Waals surface area contributed by atoms with Crippen LogP contribution < -0.4 is 20.9 Å². The molecule has 1 unspecified atom stereocenters. The number of hydrogen-bond acceptors (Lipinski definition) is 8. The van der Waals surface area contributed by atoms with Gasteiger partial charge in [0.1, 0.15) is 30.8 Å². The van der Waals surface area contributed by atoms with Gasteiger partial charge in [-0.2, -0.15) is 0 Å². The van der Waals surface area contributed by atoms with Gasteiger partial charge in [0, 0.05) is 36.5 Å². The fraction of sp³-hybridized carbons (Fsp3) is 0.231. The third kappa shape index (κ3) is 7.46. The van der Waals surface area contributed by atoms with Crippen LogP contribution in [0.4, 0.5) is 8.78 Å². The van der Waals surface area contributed by atoms with Gasteiger partial charge in [-0.1, -0.05) is 24.3 Å². The molecule has 14 heteroatoms. The van der Waals surface area contributed by atoms with Crippen LogP contribution in [0.25, 0.3) is 5.95 Å². The fourth-order valence-corrected chi connectivity index (χ4v) is 3.68. The van der Waals surface area contributed by atoms with Crippen molar-refractivity contribution in [2.45, 2.75) is 19.3 Å². The molecule has 0 saturated carbocycles. The molecule has 0 aliphatic heterocycles. The van der Waals surface area contributed by atoms with Crippen LogP contribution in [-0.2, 0) is 11.2 Å². The van der Waals surface area contributed by atoms with Gasteiger partial charge in [-0.25, -0.2) is 23.5 Å². The average molecular weight is 556 g/mol. The zero-order valence-electron chi connectivity index (χ0n) is 21.6. The first-order chi connectivity index (χ1) is 19.1. The van der Waals surface area contributed by atoms with Crippen molar-refractivity contribution < 1.29 is 28.2 Å². The van der Waals surface area contributed by atoms with Gasteiger partial charge in [0.25, 0.3) is 11.9 Å². The van der Waals surface area contributed by atoms with Crippen LogP contribution in [0.15, 0.2) is 59.7 Å². The number of ether oxygens (including phenoxy) is 2. The molecule has 0 radical (unpaired) electrons. The van der Waals surface area contributed by atoms with E-state index >= 15 is 4.39 Å². The number of carbonyl (C=O) groups is 1. The van der Waals surface area contributed by atoms with Crippen molar-refractivity contribution in [3.05, 3.63) is 93.7 Å². The zero-order valence-corrected chi connectivity index (χ0v) is 21.6. The van der Waals surface area contributed by atoms with E-state index in [1.165, 1.54) is 25.6 Å². The first-order valence-corrected chi connectivity index (χ1v) is 11.8. The standard InChI is InChI=1S/C24H23F2N7O3.C2H4O2/c1-35-19-13-18(26)16(12-20(19)36-10-7-25)17(11-14-3-5-15(6-4-14)21(27)28)22-31-24(34)33(32-22)23-29-8-2-9-30-23;1-2(3)4/h2-6,8-9,12-13,17H,7,10-11H2,1H3,(H3,27,28)(H,31,32,34);1H3,(H,3,4). The van der Waals surface area contributed by atoms with E-state index in [9.17, 15) is 9.18 Å². The van der Waals surface area contributed by atoms with Crippen molar-refractivity contribution >= 4 is 11.8 Å². The maximum atomic E-state index is 15.4. The predicted molar refractivity (Wildman–Crippen MR) is 141 cm³/mol. The Balaban J connectivity index is 0.00000103. The first kappa shape index (κ1) is 29.4. The molecule has 0 fully saturated rings. The van der Waals surface area contributed by atoms with Crippen LogP contribution in [0, 0.1) is 11.2 Å². The third-order valence-electron chi connectivity index (χ3n) is 5.40. The lowest BCUT2D eigenvalue weighted by Gasteiger charge is -2.19. The van der Waals surface area contributed by atoms with Gasteiger partial charge in [0.15, 0.2) is 11.5 Å². The number of alkyl halides is 1. The highest BCUT2D eigenvalue weighted by atomic mass is 19.1. The number of halogens is 2. The van der Waals surface area contributed by atoms with Crippen LogP contribution in [0.2, 0.25) is 0 Å². The molecule has 4 aromatic rings. The summed E-state index contributed by atoms with van der Waals surface area (Å²) in [5.41, 5.74) is 6.39. The number of hydrogen-bond donors (Lipinski definition) is 4. The summed E-state index contributed by atoms with van der Waals surface area (Å²) in [6.45, 7) is 0.103. The van der Waals surface area contributed by atoms with Crippen molar-refractivity contribution in [1.29, 1.82) is 5.41 Å². The number of aliphatic carboxylic acids is 1. The van der Waals surface area contributed by atoms with Crippen LogP contribution in [0.5, 0.6) is 11.5 Å². The Morgan fingerprint density at radius 1 is 1.20 bits per heavy atom. The number of amidine groups is 1. The molecule has 2 aromatic heterocycles. The summed E-state index contributed by atoms with van der Waals surface area (Å²) in [7, 11) is 1.35. The quantitative estimate of drug-likeness (QED) is 0.169. The molecule has 210 valence electrons. The van der Waals surface area contributed by atoms with Gasteiger partial charge in [0.2, 0.25) is 0 Å². The maximum Gasteiger partial charge on any atom is 0.350 e. The van der Waals surface area contributed by atoms with Gasteiger partial charge >= 0.3 is 5.69 Å². The lowest BCUT2D eigenvalue weighted by molar-refractivity contribution is -0.134. The predicted octanol–water partition coefficient (Wildman–Crippen LogP) is 2.60. The largest absolute Gasteiger partial charge is 0.493 e. The van der Waals surface area contributed by atoms with Crippen LogP contribution in [0.1, 0.15) is 35.4 Å². The van der Waals surface area contributed by atoms with Crippen LogP contribution in [0.3, 0.4) is 0 Å². The molecule has 1 atom stereocenters. The summed E-state index contributed by atoms with van der Waals surface area (Å²) in [5, 5.41) is 19.3. The van der Waals surface area contributed by atoms with Crippen molar-refractivity contribution in [2.75, 3.05) is 20.4 Å². The number of rotatable bonds is 10. The highest BCUT2D eigenvalue weighted by Crippen LogP contribution is 2.36.